The van der Waals surface area contributed by atoms with E-state index in [4.69, 9.17) is 10.5 Å². The molecule has 0 aromatic heterocycles. The van der Waals surface area contributed by atoms with Gasteiger partial charge in [-0.25, -0.2) is 0 Å². The third-order valence-corrected chi connectivity index (χ3v) is 3.99. The maximum absolute atomic E-state index is 12.3. The van der Waals surface area contributed by atoms with E-state index in [1.807, 2.05) is 0 Å². The van der Waals surface area contributed by atoms with Gasteiger partial charge in [-0.15, -0.1) is 0 Å². The molecule has 0 spiro atoms. The van der Waals surface area contributed by atoms with Crippen LogP contribution in [0, 0.1) is 5.41 Å². The Labute approximate surface area is 114 Å². The van der Waals surface area contributed by atoms with Gasteiger partial charge in [0.05, 0.1) is 7.11 Å². The van der Waals surface area contributed by atoms with Crippen LogP contribution in [-0.4, -0.2) is 19.1 Å². The summed E-state index contributed by atoms with van der Waals surface area (Å²) in [5, 5.41) is 3.11. The van der Waals surface area contributed by atoms with Crippen molar-refractivity contribution >= 4 is 11.6 Å². The summed E-state index contributed by atoms with van der Waals surface area (Å²) in [6, 6.07) is 5.33. The van der Waals surface area contributed by atoms with Crippen molar-refractivity contribution in [3.63, 3.8) is 0 Å². The summed E-state index contributed by atoms with van der Waals surface area (Å²) in [7, 11) is 1.57. The Morgan fingerprint density at radius 3 is 2.74 bits per heavy atom. The fourth-order valence-corrected chi connectivity index (χ4v) is 2.71. The molecule has 4 nitrogen and oxygen atoms in total. The minimum absolute atomic E-state index is 0.0782. The van der Waals surface area contributed by atoms with E-state index in [9.17, 15) is 4.79 Å². The van der Waals surface area contributed by atoms with Crippen molar-refractivity contribution in [1.29, 1.82) is 0 Å². The van der Waals surface area contributed by atoms with Gasteiger partial charge in [0.2, 0.25) is 0 Å². The molecule has 1 aromatic rings. The van der Waals surface area contributed by atoms with E-state index in [0.29, 0.717) is 17.0 Å². The first kappa shape index (κ1) is 13.7. The molecule has 4 heteroatoms. The van der Waals surface area contributed by atoms with Crippen molar-refractivity contribution in [2.24, 2.45) is 5.41 Å². The lowest BCUT2D eigenvalue weighted by Gasteiger charge is -2.27. The number of amides is 1. The molecule has 0 heterocycles. The molecule has 104 valence electrons. The minimum atomic E-state index is -0.0782. The van der Waals surface area contributed by atoms with Crippen LogP contribution in [0.1, 0.15) is 43.5 Å². The van der Waals surface area contributed by atoms with Crippen molar-refractivity contribution in [3.05, 3.63) is 23.8 Å². The highest BCUT2D eigenvalue weighted by Crippen LogP contribution is 2.37. The number of nitrogens with two attached hydrogens (primary N) is 1. The summed E-state index contributed by atoms with van der Waals surface area (Å²) in [4.78, 5) is 12.3. The van der Waals surface area contributed by atoms with Crippen LogP contribution < -0.4 is 15.8 Å². The number of hydrogen-bond donors (Lipinski definition) is 2. The molecule has 19 heavy (non-hydrogen) atoms. The molecule has 0 bridgehead atoms. The number of anilines is 1. The Kier molecular flexibility index (Phi) is 3.69. The second kappa shape index (κ2) is 5.11. The first-order valence-electron chi connectivity index (χ1n) is 6.68. The second-order valence-corrected chi connectivity index (χ2v) is 5.90. The van der Waals surface area contributed by atoms with Gasteiger partial charge in [-0.2, -0.15) is 0 Å². The number of ether oxygens (including phenoxy) is 1. The number of hydrogen-bond acceptors (Lipinski definition) is 3. The summed E-state index contributed by atoms with van der Waals surface area (Å²) in [6.45, 7) is 4.40. The molecule has 0 aliphatic heterocycles. The van der Waals surface area contributed by atoms with Gasteiger partial charge < -0.3 is 15.8 Å². The third-order valence-electron chi connectivity index (χ3n) is 3.99. The van der Waals surface area contributed by atoms with Crippen LogP contribution in [-0.2, 0) is 0 Å². The van der Waals surface area contributed by atoms with Gasteiger partial charge in [-0.3, -0.25) is 4.79 Å². The number of carbonyl (C=O) groups is 1. The smallest absolute Gasteiger partial charge is 0.251 e. The molecule has 1 unspecified atom stereocenters. The lowest BCUT2D eigenvalue weighted by molar-refractivity contribution is 0.0909. The summed E-state index contributed by atoms with van der Waals surface area (Å²) in [5.74, 6) is 0.529. The van der Waals surface area contributed by atoms with Gasteiger partial charge >= 0.3 is 0 Å². The number of nitrogen functional groups attached to an aromatic ring is 1. The molecule has 1 aliphatic rings. The van der Waals surface area contributed by atoms with Crippen LogP contribution in [0.4, 0.5) is 5.69 Å². The monoisotopic (exact) mass is 262 g/mol. The van der Waals surface area contributed by atoms with Crippen molar-refractivity contribution in [2.75, 3.05) is 12.8 Å². The molecule has 1 amide bonds. The second-order valence-electron chi connectivity index (χ2n) is 5.90. The highest BCUT2D eigenvalue weighted by atomic mass is 16.5. The van der Waals surface area contributed by atoms with Gasteiger partial charge in [0, 0.05) is 23.4 Å². The van der Waals surface area contributed by atoms with Crippen molar-refractivity contribution in [2.45, 2.75) is 39.2 Å². The molecule has 0 saturated heterocycles. The highest BCUT2D eigenvalue weighted by Gasteiger charge is 2.35. The van der Waals surface area contributed by atoms with E-state index >= 15 is 0 Å². The Bertz CT molecular complexity index is 483. The summed E-state index contributed by atoms with van der Waals surface area (Å²) < 4.78 is 5.14. The topological polar surface area (TPSA) is 64.3 Å². The van der Waals surface area contributed by atoms with E-state index in [1.165, 1.54) is 0 Å². The normalized spacial score (nSPS) is 21.1. The predicted molar refractivity (Wildman–Crippen MR) is 76.3 cm³/mol. The first-order chi connectivity index (χ1) is 8.92. The van der Waals surface area contributed by atoms with E-state index in [1.54, 1.807) is 25.3 Å². The van der Waals surface area contributed by atoms with E-state index in [2.05, 4.69) is 19.2 Å². The van der Waals surface area contributed by atoms with Gasteiger partial charge in [-0.05, 0) is 30.4 Å². The Morgan fingerprint density at radius 2 is 2.16 bits per heavy atom. The van der Waals surface area contributed by atoms with Gasteiger partial charge in [0.15, 0.2) is 0 Å². The summed E-state index contributed by atoms with van der Waals surface area (Å²) in [5.41, 5.74) is 7.03. The molecule has 1 fully saturated rings. The van der Waals surface area contributed by atoms with E-state index in [-0.39, 0.29) is 17.4 Å². The van der Waals surface area contributed by atoms with Crippen LogP contribution in [0.2, 0.25) is 0 Å². The maximum atomic E-state index is 12.3. The molecular formula is C15H22N2O2. The molecule has 0 radical (unpaired) electrons. The van der Waals surface area contributed by atoms with Crippen LogP contribution in [0.15, 0.2) is 18.2 Å². The predicted octanol–water partition coefficient (Wildman–Crippen LogP) is 2.59. The first-order valence-corrected chi connectivity index (χ1v) is 6.68. The molecule has 2 rings (SSSR count). The molecule has 1 saturated carbocycles. The lowest BCUT2D eigenvalue weighted by Crippen LogP contribution is -2.41. The zero-order valence-electron chi connectivity index (χ0n) is 11.8. The Morgan fingerprint density at radius 1 is 1.42 bits per heavy atom. The number of benzene rings is 1. The quantitative estimate of drug-likeness (QED) is 0.823. The number of nitrogens with one attached hydrogen (secondary N) is 1. The molecule has 1 aliphatic carbocycles. The zero-order valence-corrected chi connectivity index (χ0v) is 11.8. The Hall–Kier alpha value is -1.71. The Balaban J connectivity index is 2.14. The number of rotatable bonds is 3. The van der Waals surface area contributed by atoms with Gasteiger partial charge in [0.25, 0.3) is 5.91 Å². The van der Waals surface area contributed by atoms with Gasteiger partial charge in [0.1, 0.15) is 5.75 Å². The standard InChI is InChI=1S/C15H22N2O2/c1-15(2)6-4-5-13(15)17-14(18)10-7-11(16)9-12(8-10)19-3/h7-9,13H,4-6,16H2,1-3H3,(H,17,18). The number of carbonyl (C=O) groups excluding carboxylic acids is 1. The van der Waals surface area contributed by atoms with Crippen LogP contribution in [0.25, 0.3) is 0 Å². The van der Waals surface area contributed by atoms with Crippen LogP contribution >= 0.6 is 0 Å². The minimum Gasteiger partial charge on any atom is -0.497 e. The largest absolute Gasteiger partial charge is 0.497 e. The lowest BCUT2D eigenvalue weighted by atomic mass is 9.87. The van der Waals surface area contributed by atoms with Crippen molar-refractivity contribution in [3.8, 4) is 5.75 Å². The SMILES string of the molecule is COc1cc(N)cc(C(=O)NC2CCCC2(C)C)c1. The summed E-state index contributed by atoms with van der Waals surface area (Å²) in [6.07, 6.45) is 3.36. The molecule has 1 atom stereocenters. The zero-order chi connectivity index (χ0) is 14.0. The maximum Gasteiger partial charge on any atom is 0.251 e. The van der Waals surface area contributed by atoms with Crippen molar-refractivity contribution < 1.29 is 9.53 Å². The number of methoxy groups -OCH3 is 1. The van der Waals surface area contributed by atoms with Crippen molar-refractivity contribution in [1.82, 2.24) is 5.32 Å². The third kappa shape index (κ3) is 3.00. The van der Waals surface area contributed by atoms with E-state index < -0.39 is 0 Å². The van der Waals surface area contributed by atoms with Gasteiger partial charge in [-0.1, -0.05) is 20.3 Å². The van der Waals surface area contributed by atoms with Crippen LogP contribution in [0.3, 0.4) is 0 Å². The average molecular weight is 262 g/mol. The fourth-order valence-electron chi connectivity index (χ4n) is 2.71. The fraction of sp³-hybridized carbons (Fsp3) is 0.533. The molecular weight excluding hydrogens is 240 g/mol. The molecule has 3 N–H and O–H groups in total. The summed E-state index contributed by atoms with van der Waals surface area (Å²) >= 11 is 0. The van der Waals surface area contributed by atoms with Crippen LogP contribution in [0.5, 0.6) is 5.75 Å². The van der Waals surface area contributed by atoms with E-state index in [0.717, 1.165) is 19.3 Å². The average Bonchev–Trinajstić information content (AvgIpc) is 2.68. The molecule has 1 aromatic carbocycles. The highest BCUT2D eigenvalue weighted by molar-refractivity contribution is 5.95.